The molecule has 1 aromatic heterocycles. The number of nitrogens with zero attached hydrogens (tertiary/aromatic N) is 4. The van der Waals surface area contributed by atoms with Gasteiger partial charge in [-0.05, 0) is 29.3 Å². The summed E-state index contributed by atoms with van der Waals surface area (Å²) in [5, 5.41) is 13.6. The molecule has 0 aliphatic carbocycles. The Labute approximate surface area is 217 Å². The maximum absolute atomic E-state index is 12.4. The number of carbonyl (C=O) groups excluding carboxylic acids is 2. The zero-order valence-corrected chi connectivity index (χ0v) is 21.2. The number of nitriles is 1. The normalized spacial score (nSPS) is 13.7. The molecule has 0 atom stereocenters. The molecule has 1 aliphatic rings. The Morgan fingerprint density at radius 3 is 2.57 bits per heavy atom. The number of ether oxygens (including phenoxy) is 1. The third kappa shape index (κ3) is 8.31. The van der Waals surface area contributed by atoms with Crippen molar-refractivity contribution in [3.8, 4) is 11.8 Å². The SMILES string of the molecule is C=O.N#Cc1cccc(-n2ccc(=O)c(Cc3cccc(CC(=O)OCCN4CCS(=O)CC4)c3)n2)c1. The second-order valence-electron chi connectivity index (χ2n) is 8.32. The highest BCUT2D eigenvalue weighted by atomic mass is 32.2. The Morgan fingerprint density at radius 1 is 1.08 bits per heavy atom. The lowest BCUT2D eigenvalue weighted by Gasteiger charge is -2.25. The van der Waals surface area contributed by atoms with E-state index in [2.05, 4.69) is 16.1 Å². The molecule has 192 valence electrons. The second-order valence-corrected chi connectivity index (χ2v) is 10.0. The highest BCUT2D eigenvalue weighted by Crippen LogP contribution is 2.12. The molecule has 9 nitrogen and oxygen atoms in total. The molecule has 10 heteroatoms. The topological polar surface area (TPSA) is 122 Å². The van der Waals surface area contributed by atoms with E-state index in [-0.39, 0.29) is 17.8 Å². The lowest BCUT2D eigenvalue weighted by molar-refractivity contribution is -0.143. The van der Waals surface area contributed by atoms with Gasteiger partial charge < -0.3 is 9.53 Å². The molecule has 0 radical (unpaired) electrons. The maximum atomic E-state index is 12.4. The molecule has 0 N–H and O–H groups in total. The summed E-state index contributed by atoms with van der Waals surface area (Å²) >= 11 is 0. The predicted molar refractivity (Wildman–Crippen MR) is 140 cm³/mol. The summed E-state index contributed by atoms with van der Waals surface area (Å²) in [4.78, 5) is 34.9. The molecule has 2 heterocycles. The van der Waals surface area contributed by atoms with Gasteiger partial charge in [0, 0.05) is 60.6 Å². The van der Waals surface area contributed by atoms with Crippen molar-refractivity contribution in [2.45, 2.75) is 12.8 Å². The van der Waals surface area contributed by atoms with Gasteiger partial charge in [-0.15, -0.1) is 0 Å². The van der Waals surface area contributed by atoms with E-state index in [4.69, 9.17) is 14.8 Å². The summed E-state index contributed by atoms with van der Waals surface area (Å²) in [7, 11) is -0.720. The van der Waals surface area contributed by atoms with Crippen molar-refractivity contribution >= 4 is 23.6 Å². The van der Waals surface area contributed by atoms with Gasteiger partial charge in [0.05, 0.1) is 23.7 Å². The molecule has 0 unspecified atom stereocenters. The third-order valence-corrected chi connectivity index (χ3v) is 7.05. The summed E-state index contributed by atoms with van der Waals surface area (Å²) < 4.78 is 18.4. The Balaban J connectivity index is 0.00000186. The van der Waals surface area contributed by atoms with Crippen LogP contribution < -0.4 is 5.43 Å². The van der Waals surface area contributed by atoms with Crippen molar-refractivity contribution < 1.29 is 18.5 Å². The van der Waals surface area contributed by atoms with Crippen molar-refractivity contribution in [3.05, 3.63) is 93.4 Å². The molecule has 1 fully saturated rings. The molecule has 1 saturated heterocycles. The van der Waals surface area contributed by atoms with Gasteiger partial charge in [0.15, 0.2) is 0 Å². The van der Waals surface area contributed by atoms with E-state index < -0.39 is 10.8 Å². The van der Waals surface area contributed by atoms with Crippen LogP contribution in [0.4, 0.5) is 0 Å². The summed E-state index contributed by atoms with van der Waals surface area (Å²) in [6.07, 6.45) is 2.04. The average molecular weight is 521 g/mol. The van der Waals surface area contributed by atoms with E-state index >= 15 is 0 Å². The second kappa shape index (κ2) is 14.0. The van der Waals surface area contributed by atoms with E-state index in [0.29, 0.717) is 48.0 Å². The summed E-state index contributed by atoms with van der Waals surface area (Å²) in [6.45, 7) is 4.49. The first kappa shape index (κ1) is 27.6. The summed E-state index contributed by atoms with van der Waals surface area (Å²) in [5.74, 6) is 1.04. The third-order valence-electron chi connectivity index (χ3n) is 5.77. The quantitative estimate of drug-likeness (QED) is 0.411. The molecule has 1 aliphatic heterocycles. The molecule has 0 bridgehead atoms. The van der Waals surface area contributed by atoms with Crippen molar-refractivity contribution in [2.75, 3.05) is 37.7 Å². The predicted octanol–water partition coefficient (Wildman–Crippen LogP) is 1.66. The van der Waals surface area contributed by atoms with Crippen LogP contribution in [0.15, 0.2) is 65.6 Å². The van der Waals surface area contributed by atoms with Crippen LogP contribution in [-0.2, 0) is 38.0 Å². The molecule has 2 aromatic carbocycles. The number of carbonyl (C=O) groups is 2. The first-order chi connectivity index (χ1) is 18.0. The Hall–Kier alpha value is -3.94. The van der Waals surface area contributed by atoms with E-state index in [1.165, 1.54) is 6.07 Å². The van der Waals surface area contributed by atoms with E-state index in [0.717, 1.165) is 24.2 Å². The van der Waals surface area contributed by atoms with Crippen LogP contribution in [0.5, 0.6) is 0 Å². The molecule has 0 amide bonds. The van der Waals surface area contributed by atoms with Crippen molar-refractivity contribution in [1.82, 2.24) is 14.7 Å². The fourth-order valence-corrected chi connectivity index (χ4v) is 5.01. The van der Waals surface area contributed by atoms with Crippen LogP contribution in [0.2, 0.25) is 0 Å². The van der Waals surface area contributed by atoms with Crippen LogP contribution in [0.3, 0.4) is 0 Å². The number of hydrogen-bond donors (Lipinski definition) is 0. The van der Waals surface area contributed by atoms with Gasteiger partial charge in [0.2, 0.25) is 5.43 Å². The van der Waals surface area contributed by atoms with Crippen LogP contribution in [0.25, 0.3) is 5.69 Å². The van der Waals surface area contributed by atoms with Gasteiger partial charge in [0.25, 0.3) is 0 Å². The first-order valence-electron chi connectivity index (χ1n) is 11.7. The van der Waals surface area contributed by atoms with E-state index in [1.54, 1.807) is 29.1 Å². The minimum Gasteiger partial charge on any atom is -0.464 e. The highest BCUT2D eigenvalue weighted by Gasteiger charge is 2.15. The highest BCUT2D eigenvalue weighted by molar-refractivity contribution is 7.85. The molecule has 4 rings (SSSR count). The standard InChI is InChI=1S/C26H26N4O4S.CH2O/c27-19-22-5-2-6-23(16-22)30-8-7-25(31)24(28-30)17-20-3-1-4-21(15-20)18-26(32)34-12-9-29-10-13-35(33)14-11-29;1-2/h1-8,15-16H,9-14,17-18H2;1H2. The largest absolute Gasteiger partial charge is 0.464 e. The lowest BCUT2D eigenvalue weighted by atomic mass is 10.0. The fraction of sp³-hybridized carbons (Fsp3) is 0.296. The van der Waals surface area contributed by atoms with Crippen LogP contribution in [0.1, 0.15) is 22.4 Å². The van der Waals surface area contributed by atoms with Crippen LogP contribution >= 0.6 is 0 Å². The minimum atomic E-state index is -0.720. The Bertz CT molecular complexity index is 1340. The van der Waals surface area contributed by atoms with Gasteiger partial charge >= 0.3 is 5.97 Å². The zero-order valence-electron chi connectivity index (χ0n) is 20.4. The molecule has 3 aromatic rings. The molecule has 0 saturated carbocycles. The van der Waals surface area contributed by atoms with Gasteiger partial charge in [-0.1, -0.05) is 30.3 Å². The molecular weight excluding hydrogens is 492 g/mol. The van der Waals surface area contributed by atoms with E-state index in [1.807, 2.05) is 37.1 Å². The number of rotatable bonds is 8. The number of esters is 1. The van der Waals surface area contributed by atoms with Gasteiger partial charge in [-0.2, -0.15) is 10.4 Å². The van der Waals surface area contributed by atoms with Crippen molar-refractivity contribution in [2.24, 2.45) is 0 Å². The van der Waals surface area contributed by atoms with Gasteiger partial charge in [0.1, 0.15) is 19.1 Å². The van der Waals surface area contributed by atoms with Crippen molar-refractivity contribution in [1.29, 1.82) is 5.26 Å². The fourth-order valence-electron chi connectivity index (χ4n) is 3.88. The zero-order chi connectivity index (χ0) is 26.6. The van der Waals surface area contributed by atoms with Crippen molar-refractivity contribution in [3.63, 3.8) is 0 Å². The van der Waals surface area contributed by atoms with Gasteiger partial charge in [-0.25, -0.2) is 4.68 Å². The number of aromatic nitrogens is 2. The smallest absolute Gasteiger partial charge is 0.310 e. The molecular formula is C27H28N4O5S. The lowest BCUT2D eigenvalue weighted by Crippen LogP contribution is -2.39. The molecule has 37 heavy (non-hydrogen) atoms. The van der Waals surface area contributed by atoms with Gasteiger partial charge in [-0.3, -0.25) is 18.7 Å². The summed E-state index contributed by atoms with van der Waals surface area (Å²) in [6, 6.07) is 18.1. The average Bonchev–Trinajstić information content (AvgIpc) is 2.92. The molecule has 0 spiro atoms. The van der Waals surface area contributed by atoms with Crippen LogP contribution in [0, 0.1) is 11.3 Å². The monoisotopic (exact) mass is 520 g/mol. The number of hydrogen-bond acceptors (Lipinski definition) is 8. The Morgan fingerprint density at radius 2 is 1.81 bits per heavy atom. The summed E-state index contributed by atoms with van der Waals surface area (Å²) in [5.41, 5.74) is 3.07. The van der Waals surface area contributed by atoms with E-state index in [9.17, 15) is 13.8 Å². The van der Waals surface area contributed by atoms with Crippen LogP contribution in [-0.4, -0.2) is 69.4 Å². The minimum absolute atomic E-state index is 0.144. The number of benzene rings is 2. The maximum Gasteiger partial charge on any atom is 0.310 e. The Kier molecular flexibility index (Phi) is 10.4. The first-order valence-corrected chi connectivity index (χ1v) is 13.2.